The zero-order valence-electron chi connectivity index (χ0n) is 24.2. The molecule has 0 bridgehead atoms. The van der Waals surface area contributed by atoms with E-state index in [1.54, 1.807) is 0 Å². The number of hydrogen-bond donors (Lipinski definition) is 2. The molecule has 0 saturated carbocycles. The normalized spacial score (nSPS) is 18.1. The van der Waals surface area contributed by atoms with Crippen LogP contribution in [-0.4, -0.2) is 71.5 Å². The Hall–Kier alpha value is -1.74. The SMILES string of the molecule is OC(CC1c2ccc(Cl)cc2-c2cc(Cl)ccc21)CN1CCN(CC(O)CC2c3ccc(Br)cc3-c3cc(Br)ccc32)CC1. The monoisotopic (exact) mass is 754 g/mol. The van der Waals surface area contributed by atoms with Gasteiger partial charge in [-0.05, 0) is 106 Å². The first-order valence-corrected chi connectivity index (χ1v) is 17.6. The number of fused-ring (bicyclic) bond motifs is 6. The molecule has 0 spiro atoms. The highest BCUT2D eigenvalue weighted by atomic mass is 79.9. The van der Waals surface area contributed by atoms with Crippen LogP contribution in [-0.2, 0) is 0 Å². The summed E-state index contributed by atoms with van der Waals surface area (Å²) in [6.45, 7) is 4.82. The first kappa shape index (κ1) is 30.9. The molecule has 3 aliphatic rings. The van der Waals surface area contributed by atoms with Crippen LogP contribution in [0.15, 0.2) is 81.7 Å². The number of halogens is 4. The molecule has 7 rings (SSSR count). The molecule has 1 fully saturated rings. The predicted octanol–water partition coefficient (Wildman–Crippen LogP) is 8.56. The van der Waals surface area contributed by atoms with Crippen molar-refractivity contribution in [1.29, 1.82) is 0 Å². The number of hydrogen-bond acceptors (Lipinski definition) is 4. The summed E-state index contributed by atoms with van der Waals surface area (Å²) in [5.74, 6) is 0.305. The summed E-state index contributed by atoms with van der Waals surface area (Å²) >= 11 is 19.9. The van der Waals surface area contributed by atoms with E-state index in [1.807, 2.05) is 24.3 Å². The third-order valence-corrected chi connectivity index (χ3v) is 11.0. The van der Waals surface area contributed by atoms with Crippen molar-refractivity contribution in [2.75, 3.05) is 39.3 Å². The van der Waals surface area contributed by atoms with Crippen molar-refractivity contribution >= 4 is 55.1 Å². The van der Waals surface area contributed by atoms with Crippen molar-refractivity contribution in [1.82, 2.24) is 9.80 Å². The fourth-order valence-corrected chi connectivity index (χ4v) is 8.62. The largest absolute Gasteiger partial charge is 0.392 e. The number of benzene rings is 4. The lowest BCUT2D eigenvalue weighted by molar-refractivity contribution is 0.0429. The Morgan fingerprint density at radius 1 is 0.568 bits per heavy atom. The lowest BCUT2D eigenvalue weighted by Crippen LogP contribution is -2.50. The first-order chi connectivity index (χ1) is 21.2. The second kappa shape index (κ2) is 12.8. The molecule has 4 aromatic rings. The van der Waals surface area contributed by atoms with Gasteiger partial charge in [-0.2, -0.15) is 0 Å². The van der Waals surface area contributed by atoms with E-state index in [0.29, 0.717) is 36.0 Å². The predicted molar refractivity (Wildman–Crippen MR) is 187 cm³/mol. The highest BCUT2D eigenvalue weighted by Gasteiger charge is 2.33. The molecule has 2 atom stereocenters. The van der Waals surface area contributed by atoms with Gasteiger partial charge in [-0.1, -0.05) is 79.3 Å². The van der Waals surface area contributed by atoms with Crippen LogP contribution >= 0.6 is 55.1 Å². The van der Waals surface area contributed by atoms with Crippen LogP contribution in [0, 0.1) is 0 Å². The van der Waals surface area contributed by atoms with Crippen molar-refractivity contribution in [3.05, 3.63) is 114 Å². The van der Waals surface area contributed by atoms with Crippen LogP contribution in [0.3, 0.4) is 0 Å². The summed E-state index contributed by atoms with van der Waals surface area (Å²) in [4.78, 5) is 4.72. The Kier molecular flexibility index (Phi) is 8.99. The van der Waals surface area contributed by atoms with Crippen LogP contribution in [0.2, 0.25) is 10.0 Å². The third kappa shape index (κ3) is 6.17. The summed E-state index contributed by atoms with van der Waals surface area (Å²) < 4.78 is 2.14. The summed E-state index contributed by atoms with van der Waals surface area (Å²) in [6, 6.07) is 25.0. The lowest BCUT2D eigenvalue weighted by atomic mass is 9.90. The first-order valence-electron chi connectivity index (χ1n) is 15.2. The van der Waals surface area contributed by atoms with Crippen LogP contribution in [0.1, 0.15) is 46.9 Å². The van der Waals surface area contributed by atoms with E-state index in [0.717, 1.165) is 46.3 Å². The number of β-amino-alcohol motifs (C(OH)–C–C–N with tert-alkyl or cyclic N) is 2. The molecule has 4 aromatic carbocycles. The molecule has 1 aliphatic heterocycles. The topological polar surface area (TPSA) is 46.9 Å². The second-order valence-corrected chi connectivity index (χ2v) is 15.1. The molecule has 1 saturated heterocycles. The van der Waals surface area contributed by atoms with E-state index in [4.69, 9.17) is 23.2 Å². The summed E-state index contributed by atoms with van der Waals surface area (Å²) in [5.41, 5.74) is 9.72. The average Bonchev–Trinajstić information content (AvgIpc) is 3.44. The standard InChI is InChI=1S/C36H34Br2Cl2N2O2/c37-21-1-5-27-31(13-21)32-14-22(38)2-6-28(32)35(27)17-25(43)19-41-9-11-42(12-10-41)20-26(44)18-36-29-7-3-23(39)15-33(29)34-16-24(40)4-8-30(34)36/h1-8,13-16,25-26,35-36,43-44H,9-12,17-20H2. The molecule has 44 heavy (non-hydrogen) atoms. The van der Waals surface area contributed by atoms with E-state index < -0.39 is 12.2 Å². The van der Waals surface area contributed by atoms with E-state index in [-0.39, 0.29) is 11.8 Å². The molecule has 8 heteroatoms. The van der Waals surface area contributed by atoms with Crippen LogP contribution in [0.4, 0.5) is 0 Å². The fraction of sp³-hybridized carbons (Fsp3) is 0.333. The van der Waals surface area contributed by atoms with Gasteiger partial charge in [-0.25, -0.2) is 0 Å². The van der Waals surface area contributed by atoms with Crippen LogP contribution in [0.5, 0.6) is 0 Å². The fourth-order valence-electron chi connectivity index (χ4n) is 7.55. The molecule has 0 amide bonds. The van der Waals surface area contributed by atoms with E-state index in [2.05, 4.69) is 90.2 Å². The Morgan fingerprint density at radius 3 is 1.30 bits per heavy atom. The Balaban J connectivity index is 0.942. The maximum atomic E-state index is 11.3. The van der Waals surface area contributed by atoms with E-state index in [1.165, 1.54) is 33.4 Å². The van der Waals surface area contributed by atoms with Gasteiger partial charge in [0.25, 0.3) is 0 Å². The van der Waals surface area contributed by atoms with E-state index >= 15 is 0 Å². The quantitative estimate of drug-likeness (QED) is 0.189. The lowest BCUT2D eigenvalue weighted by Gasteiger charge is -2.37. The maximum Gasteiger partial charge on any atom is 0.0676 e. The minimum absolute atomic E-state index is 0.119. The summed E-state index contributed by atoms with van der Waals surface area (Å²) in [6.07, 6.45) is 0.473. The number of piperazine rings is 1. The summed E-state index contributed by atoms with van der Waals surface area (Å²) in [7, 11) is 0. The minimum Gasteiger partial charge on any atom is -0.392 e. The van der Waals surface area contributed by atoms with Gasteiger partial charge in [0.1, 0.15) is 0 Å². The molecule has 2 N–H and O–H groups in total. The highest BCUT2D eigenvalue weighted by molar-refractivity contribution is 9.10. The van der Waals surface area contributed by atoms with Gasteiger partial charge in [0.2, 0.25) is 0 Å². The van der Waals surface area contributed by atoms with Gasteiger partial charge in [-0.15, -0.1) is 0 Å². The minimum atomic E-state index is -0.454. The Morgan fingerprint density at radius 2 is 0.909 bits per heavy atom. The van der Waals surface area contributed by atoms with Gasteiger partial charge in [0, 0.05) is 70.1 Å². The molecule has 2 unspecified atom stereocenters. The molecule has 2 aliphatic carbocycles. The zero-order valence-corrected chi connectivity index (χ0v) is 28.9. The molecular formula is C36H34Br2Cl2N2O2. The second-order valence-electron chi connectivity index (χ2n) is 12.4. The maximum absolute atomic E-state index is 11.3. The Labute approximate surface area is 285 Å². The molecule has 0 aromatic heterocycles. The number of nitrogens with zero attached hydrogens (tertiary/aromatic N) is 2. The third-order valence-electron chi connectivity index (χ3n) is 9.56. The molecule has 1 heterocycles. The van der Waals surface area contributed by atoms with Gasteiger partial charge < -0.3 is 10.2 Å². The van der Waals surface area contributed by atoms with Crippen molar-refractivity contribution in [2.45, 2.75) is 36.9 Å². The van der Waals surface area contributed by atoms with Crippen molar-refractivity contribution in [2.24, 2.45) is 0 Å². The molecule has 4 nitrogen and oxygen atoms in total. The number of aliphatic hydroxyl groups is 2. The Bertz CT molecular complexity index is 1480. The molecular weight excluding hydrogens is 723 g/mol. The molecule has 228 valence electrons. The molecule has 0 radical (unpaired) electrons. The van der Waals surface area contributed by atoms with Crippen molar-refractivity contribution in [3.63, 3.8) is 0 Å². The zero-order chi connectivity index (χ0) is 30.5. The van der Waals surface area contributed by atoms with E-state index in [9.17, 15) is 10.2 Å². The number of aliphatic hydroxyl groups excluding tert-OH is 2. The summed E-state index contributed by atoms with van der Waals surface area (Å²) in [5, 5.41) is 23.9. The highest BCUT2D eigenvalue weighted by Crippen LogP contribution is 2.49. The number of rotatable bonds is 8. The van der Waals surface area contributed by atoms with Crippen LogP contribution < -0.4 is 0 Å². The van der Waals surface area contributed by atoms with Gasteiger partial charge in [-0.3, -0.25) is 9.80 Å². The van der Waals surface area contributed by atoms with Crippen LogP contribution in [0.25, 0.3) is 22.3 Å². The van der Waals surface area contributed by atoms with Gasteiger partial charge >= 0.3 is 0 Å². The smallest absolute Gasteiger partial charge is 0.0676 e. The van der Waals surface area contributed by atoms with Crippen molar-refractivity contribution < 1.29 is 10.2 Å². The van der Waals surface area contributed by atoms with Gasteiger partial charge in [0.15, 0.2) is 0 Å². The average molecular weight is 757 g/mol. The van der Waals surface area contributed by atoms with Crippen molar-refractivity contribution in [3.8, 4) is 22.3 Å². The van der Waals surface area contributed by atoms with Gasteiger partial charge in [0.05, 0.1) is 12.2 Å².